The van der Waals surface area contributed by atoms with Crippen molar-refractivity contribution >= 4 is 0 Å². The van der Waals surface area contributed by atoms with Gasteiger partial charge < -0.3 is 5.73 Å². The van der Waals surface area contributed by atoms with E-state index in [9.17, 15) is 4.39 Å². The molecule has 2 heteroatoms. The van der Waals surface area contributed by atoms with Gasteiger partial charge in [0.2, 0.25) is 0 Å². The Morgan fingerprint density at radius 1 is 1.44 bits per heavy atom. The molecule has 0 saturated heterocycles. The van der Waals surface area contributed by atoms with Crippen molar-refractivity contribution in [1.29, 1.82) is 0 Å². The van der Waals surface area contributed by atoms with Crippen LogP contribution in [-0.4, -0.2) is 12.2 Å². The Kier molecular flexibility index (Phi) is 2.06. The van der Waals surface area contributed by atoms with Gasteiger partial charge in [0.15, 0.2) is 0 Å². The zero-order valence-corrected chi connectivity index (χ0v) is 5.81. The summed E-state index contributed by atoms with van der Waals surface area (Å²) in [6.45, 7) is 2.09. The van der Waals surface area contributed by atoms with Gasteiger partial charge in [0.05, 0.1) is 0 Å². The molecule has 1 aliphatic carbocycles. The smallest absolute Gasteiger partial charge is 0.102 e. The summed E-state index contributed by atoms with van der Waals surface area (Å²) in [5.41, 5.74) is 5.63. The monoisotopic (exact) mass is 131 g/mol. The first kappa shape index (κ1) is 7.00. The minimum Gasteiger partial charge on any atom is -0.327 e. The van der Waals surface area contributed by atoms with E-state index in [0.29, 0.717) is 12.3 Å². The molecule has 54 valence electrons. The molecule has 1 nitrogen and oxygen atoms in total. The molecule has 2 N–H and O–H groups in total. The van der Waals surface area contributed by atoms with Crippen molar-refractivity contribution in [2.75, 3.05) is 0 Å². The second-order valence-corrected chi connectivity index (χ2v) is 3.05. The van der Waals surface area contributed by atoms with Gasteiger partial charge in [-0.3, -0.25) is 0 Å². The van der Waals surface area contributed by atoms with Crippen LogP contribution >= 0.6 is 0 Å². The number of halogens is 1. The number of rotatable bonds is 0. The Hall–Kier alpha value is -0.110. The summed E-state index contributed by atoms with van der Waals surface area (Å²) in [6.07, 6.45) is 1.62. The Morgan fingerprint density at radius 3 is 2.56 bits per heavy atom. The van der Waals surface area contributed by atoms with E-state index in [1.165, 1.54) is 0 Å². The highest BCUT2D eigenvalue weighted by Crippen LogP contribution is 2.24. The maximum absolute atomic E-state index is 12.5. The van der Waals surface area contributed by atoms with Crippen LogP contribution in [0.25, 0.3) is 0 Å². The Morgan fingerprint density at radius 2 is 2.11 bits per heavy atom. The van der Waals surface area contributed by atoms with Crippen LogP contribution in [0.5, 0.6) is 0 Å². The van der Waals surface area contributed by atoms with Crippen molar-refractivity contribution < 1.29 is 4.39 Å². The molecule has 3 atom stereocenters. The molecule has 1 rings (SSSR count). The lowest BCUT2D eigenvalue weighted by molar-refractivity contribution is 0.192. The number of hydrogen-bond donors (Lipinski definition) is 1. The van der Waals surface area contributed by atoms with E-state index in [1.54, 1.807) is 0 Å². The summed E-state index contributed by atoms with van der Waals surface area (Å²) in [4.78, 5) is 0. The summed E-state index contributed by atoms with van der Waals surface area (Å²) in [5.74, 6) is 0.525. The molecule has 0 radical (unpaired) electrons. The molecule has 0 spiro atoms. The lowest BCUT2D eigenvalue weighted by Crippen LogP contribution is -2.35. The Labute approximate surface area is 55.4 Å². The lowest BCUT2D eigenvalue weighted by atomic mass is 9.85. The largest absolute Gasteiger partial charge is 0.327 e. The fourth-order valence-corrected chi connectivity index (χ4v) is 1.30. The Balaban J connectivity index is 2.35. The van der Waals surface area contributed by atoms with Gasteiger partial charge in [-0.1, -0.05) is 6.92 Å². The van der Waals surface area contributed by atoms with Crippen molar-refractivity contribution in [3.8, 4) is 0 Å². The number of hydrogen-bond acceptors (Lipinski definition) is 1. The normalized spacial score (nSPS) is 45.0. The summed E-state index contributed by atoms with van der Waals surface area (Å²) in [7, 11) is 0. The van der Waals surface area contributed by atoms with Crippen LogP contribution < -0.4 is 5.73 Å². The van der Waals surface area contributed by atoms with Crippen LogP contribution in [0.4, 0.5) is 4.39 Å². The van der Waals surface area contributed by atoms with Gasteiger partial charge in [-0.05, 0) is 25.2 Å². The molecule has 0 aromatic rings. The van der Waals surface area contributed by atoms with Gasteiger partial charge >= 0.3 is 0 Å². The highest BCUT2D eigenvalue weighted by atomic mass is 19.1. The first-order chi connectivity index (χ1) is 4.20. The fourth-order valence-electron chi connectivity index (χ4n) is 1.30. The molecule has 0 bridgehead atoms. The van der Waals surface area contributed by atoms with Crippen LogP contribution in [-0.2, 0) is 0 Å². The third-order valence-electron chi connectivity index (χ3n) is 2.19. The first-order valence-corrected chi connectivity index (χ1v) is 3.60. The van der Waals surface area contributed by atoms with Crippen molar-refractivity contribution in [3.05, 3.63) is 0 Å². The SMILES string of the molecule is CC1CCC(F)CC1N. The molecule has 0 aliphatic heterocycles. The van der Waals surface area contributed by atoms with Gasteiger partial charge in [0.25, 0.3) is 0 Å². The van der Waals surface area contributed by atoms with Gasteiger partial charge in [-0.25, -0.2) is 4.39 Å². The average molecular weight is 131 g/mol. The van der Waals surface area contributed by atoms with E-state index < -0.39 is 6.17 Å². The maximum Gasteiger partial charge on any atom is 0.102 e. The van der Waals surface area contributed by atoms with E-state index in [1.807, 2.05) is 0 Å². The molecule has 1 aliphatic rings. The molecule has 3 unspecified atom stereocenters. The van der Waals surface area contributed by atoms with Gasteiger partial charge in [0.1, 0.15) is 6.17 Å². The molecular formula is C7H14FN. The molecule has 0 aromatic carbocycles. The zero-order chi connectivity index (χ0) is 6.85. The van der Waals surface area contributed by atoms with E-state index in [4.69, 9.17) is 5.73 Å². The lowest BCUT2D eigenvalue weighted by Gasteiger charge is -2.27. The highest BCUT2D eigenvalue weighted by molar-refractivity contribution is 4.79. The molecular weight excluding hydrogens is 117 g/mol. The second-order valence-electron chi connectivity index (χ2n) is 3.05. The third kappa shape index (κ3) is 1.65. The molecule has 1 saturated carbocycles. The maximum atomic E-state index is 12.5. The van der Waals surface area contributed by atoms with Crippen LogP contribution in [0.3, 0.4) is 0 Å². The van der Waals surface area contributed by atoms with Gasteiger partial charge in [0, 0.05) is 6.04 Å². The quantitative estimate of drug-likeness (QED) is 0.529. The topological polar surface area (TPSA) is 26.0 Å². The Bertz CT molecular complexity index is 94.9. The summed E-state index contributed by atoms with van der Waals surface area (Å²) in [5, 5.41) is 0. The average Bonchev–Trinajstić information content (AvgIpc) is 1.80. The standard InChI is InChI=1S/C7H14FN/c1-5-2-3-6(8)4-7(5)9/h5-7H,2-4,9H2,1H3. The fraction of sp³-hybridized carbons (Fsp3) is 1.00. The highest BCUT2D eigenvalue weighted by Gasteiger charge is 2.23. The van der Waals surface area contributed by atoms with E-state index in [2.05, 4.69) is 6.92 Å². The zero-order valence-electron chi connectivity index (χ0n) is 5.81. The predicted octanol–water partition coefficient (Wildman–Crippen LogP) is 1.47. The van der Waals surface area contributed by atoms with Crippen LogP contribution in [0.1, 0.15) is 26.2 Å². The number of alkyl halides is 1. The molecule has 0 aromatic heterocycles. The molecule has 0 amide bonds. The summed E-state index contributed by atoms with van der Waals surface area (Å²) < 4.78 is 12.5. The molecule has 1 fully saturated rings. The minimum absolute atomic E-state index is 0.105. The third-order valence-corrected chi connectivity index (χ3v) is 2.19. The molecule has 0 heterocycles. The van der Waals surface area contributed by atoms with Crippen molar-refractivity contribution in [2.24, 2.45) is 11.7 Å². The van der Waals surface area contributed by atoms with Gasteiger partial charge in [-0.2, -0.15) is 0 Å². The minimum atomic E-state index is -0.629. The summed E-state index contributed by atoms with van der Waals surface area (Å²) in [6, 6.07) is 0.105. The van der Waals surface area contributed by atoms with E-state index in [0.717, 1.165) is 12.8 Å². The van der Waals surface area contributed by atoms with Gasteiger partial charge in [-0.15, -0.1) is 0 Å². The van der Waals surface area contributed by atoms with E-state index in [-0.39, 0.29) is 6.04 Å². The molecule has 9 heavy (non-hydrogen) atoms. The van der Waals surface area contributed by atoms with Crippen LogP contribution in [0, 0.1) is 5.92 Å². The van der Waals surface area contributed by atoms with E-state index >= 15 is 0 Å². The van der Waals surface area contributed by atoms with Crippen molar-refractivity contribution in [1.82, 2.24) is 0 Å². The second kappa shape index (κ2) is 2.65. The van der Waals surface area contributed by atoms with Crippen LogP contribution in [0.2, 0.25) is 0 Å². The first-order valence-electron chi connectivity index (χ1n) is 3.60. The van der Waals surface area contributed by atoms with Crippen LogP contribution in [0.15, 0.2) is 0 Å². The van der Waals surface area contributed by atoms with Crippen molar-refractivity contribution in [2.45, 2.75) is 38.4 Å². The summed E-state index contributed by atoms with van der Waals surface area (Å²) >= 11 is 0. The van der Waals surface area contributed by atoms with Crippen molar-refractivity contribution in [3.63, 3.8) is 0 Å². The number of nitrogens with two attached hydrogens (primary N) is 1. The predicted molar refractivity (Wildman–Crippen MR) is 35.9 cm³/mol.